The van der Waals surface area contributed by atoms with E-state index in [0.29, 0.717) is 12.3 Å². The van der Waals surface area contributed by atoms with Gasteiger partial charge in [-0.25, -0.2) is 9.97 Å². The Kier molecular flexibility index (Phi) is 6.32. The van der Waals surface area contributed by atoms with E-state index in [0.717, 1.165) is 48.4 Å². The van der Waals surface area contributed by atoms with E-state index in [9.17, 15) is 9.67 Å². The number of para-hydroxylation sites is 1. The van der Waals surface area contributed by atoms with Crippen LogP contribution in [-0.2, 0) is 9.09 Å². The number of fused-ring (bicyclic) bond motifs is 1. The lowest BCUT2D eigenvalue weighted by atomic mass is 9.91. The molecule has 2 unspecified atom stereocenters. The largest absolute Gasteiger partial charge is 0.695 e. The third-order valence-electron chi connectivity index (χ3n) is 4.78. The number of benzene rings is 1. The Morgan fingerprint density at radius 1 is 1.35 bits per heavy atom. The van der Waals surface area contributed by atoms with Crippen molar-refractivity contribution < 1.29 is 23.8 Å². The van der Waals surface area contributed by atoms with Gasteiger partial charge in [0.1, 0.15) is 29.5 Å². The van der Waals surface area contributed by atoms with Gasteiger partial charge in [0.25, 0.3) is 0 Å². The molecule has 9 heteroatoms. The smallest absolute Gasteiger partial charge is 0.494 e. The number of piperidine rings is 1. The molecule has 0 saturated carbocycles. The number of rotatable bonds is 7. The summed E-state index contributed by atoms with van der Waals surface area (Å²) in [7, 11) is -1.06. The van der Waals surface area contributed by atoms with E-state index in [1.807, 2.05) is 18.2 Å². The Morgan fingerprint density at radius 2 is 2.12 bits per heavy atom. The second-order valence-corrected chi connectivity index (χ2v) is 7.05. The molecule has 3 rings (SSSR count). The maximum atomic E-state index is 10.8. The van der Waals surface area contributed by atoms with Crippen LogP contribution in [0.15, 0.2) is 24.5 Å². The van der Waals surface area contributed by atoms with Gasteiger partial charge in [-0.2, -0.15) is 0 Å². The number of methoxy groups -OCH3 is 1. The molecule has 2 atom stereocenters. The Balaban J connectivity index is 1.69. The minimum atomic E-state index is -2.69. The summed E-state index contributed by atoms with van der Waals surface area (Å²) < 4.78 is 21.1. The molecule has 0 aliphatic carbocycles. The third-order valence-corrected chi connectivity index (χ3v) is 5.26. The third kappa shape index (κ3) is 4.27. The summed E-state index contributed by atoms with van der Waals surface area (Å²) in [5.74, 6) is 1.95. The zero-order valence-electron chi connectivity index (χ0n) is 14.6. The highest BCUT2D eigenvalue weighted by molar-refractivity contribution is 7.32. The number of aromatic nitrogens is 2. The van der Waals surface area contributed by atoms with Crippen LogP contribution in [0.1, 0.15) is 19.3 Å². The number of hydrogen-bond acceptors (Lipinski definition) is 7. The molecule has 1 fully saturated rings. The van der Waals surface area contributed by atoms with Gasteiger partial charge in [0.2, 0.25) is 0 Å². The molecule has 0 amide bonds. The van der Waals surface area contributed by atoms with Crippen LogP contribution in [-0.4, -0.2) is 52.9 Å². The predicted molar refractivity (Wildman–Crippen MR) is 97.4 cm³/mol. The Bertz CT molecular complexity index is 767. The van der Waals surface area contributed by atoms with Crippen molar-refractivity contribution >= 4 is 25.0 Å². The molecular formula is C17H23N3O5P+. The number of hydrogen-bond donors (Lipinski definition) is 2. The summed E-state index contributed by atoms with van der Waals surface area (Å²) in [6.07, 6.45) is 3.34. The molecule has 0 radical (unpaired) electrons. The molecule has 1 aromatic carbocycles. The van der Waals surface area contributed by atoms with Crippen LogP contribution in [0.2, 0.25) is 0 Å². The van der Waals surface area contributed by atoms with Gasteiger partial charge in [-0.3, -0.25) is 0 Å². The van der Waals surface area contributed by atoms with E-state index in [4.69, 9.17) is 14.2 Å². The van der Waals surface area contributed by atoms with Gasteiger partial charge in [0.15, 0.2) is 0 Å². The molecule has 1 saturated heterocycles. The van der Waals surface area contributed by atoms with Gasteiger partial charge in [0, 0.05) is 23.0 Å². The Hall–Kier alpha value is -1.86. The second kappa shape index (κ2) is 8.68. The number of anilines is 1. The molecule has 140 valence electrons. The number of ether oxygens (including phenoxy) is 1. The number of aliphatic hydroxyl groups excluding tert-OH is 1. The van der Waals surface area contributed by atoms with Crippen LogP contribution in [0.4, 0.5) is 5.82 Å². The fraction of sp³-hybridized carbons (Fsp3) is 0.529. The average molecular weight is 380 g/mol. The summed E-state index contributed by atoms with van der Waals surface area (Å²) in [6.45, 7) is 1.38. The van der Waals surface area contributed by atoms with Crippen molar-refractivity contribution in [2.75, 3.05) is 31.7 Å². The van der Waals surface area contributed by atoms with Gasteiger partial charge in [0.05, 0.1) is 13.7 Å². The molecule has 0 spiro atoms. The topological polar surface area (TPSA) is 105 Å². The minimum absolute atomic E-state index is 0.252. The summed E-state index contributed by atoms with van der Waals surface area (Å²) in [4.78, 5) is 19.9. The van der Waals surface area contributed by atoms with Crippen molar-refractivity contribution in [3.05, 3.63) is 24.5 Å². The SMILES string of the molecule is COc1cccc2c(N3CCC(CC(CO)O[P+](=O)O)CC3)ncnc12. The average Bonchev–Trinajstić information content (AvgIpc) is 2.66. The maximum absolute atomic E-state index is 10.8. The monoisotopic (exact) mass is 380 g/mol. The summed E-state index contributed by atoms with van der Waals surface area (Å²) in [6, 6.07) is 5.80. The number of nitrogens with zero attached hydrogens (tertiary/aromatic N) is 3. The molecule has 1 aliphatic rings. The minimum Gasteiger partial charge on any atom is -0.494 e. The molecule has 8 nitrogen and oxygen atoms in total. The summed E-state index contributed by atoms with van der Waals surface area (Å²) in [5.41, 5.74) is 0.794. The van der Waals surface area contributed by atoms with Crippen LogP contribution in [0.3, 0.4) is 0 Å². The molecule has 1 aliphatic heterocycles. The predicted octanol–water partition coefficient (Wildman–Crippen LogP) is 2.27. The van der Waals surface area contributed by atoms with E-state index in [1.165, 1.54) is 0 Å². The zero-order valence-corrected chi connectivity index (χ0v) is 15.5. The van der Waals surface area contributed by atoms with Crippen molar-refractivity contribution in [1.82, 2.24) is 9.97 Å². The highest BCUT2D eigenvalue weighted by atomic mass is 31.1. The molecule has 2 N–H and O–H groups in total. The van der Waals surface area contributed by atoms with E-state index in [1.54, 1.807) is 13.4 Å². The fourth-order valence-corrected chi connectivity index (χ4v) is 3.90. The summed E-state index contributed by atoms with van der Waals surface area (Å²) in [5, 5.41) is 10.3. The normalized spacial score (nSPS) is 17.3. The first-order chi connectivity index (χ1) is 12.6. The van der Waals surface area contributed by atoms with E-state index >= 15 is 0 Å². The fourth-order valence-electron chi connectivity index (χ4n) is 3.49. The lowest BCUT2D eigenvalue weighted by Crippen LogP contribution is -2.36. The number of aliphatic hydroxyl groups is 1. The Labute approximate surface area is 152 Å². The zero-order chi connectivity index (χ0) is 18.5. The first kappa shape index (κ1) is 18.9. The van der Waals surface area contributed by atoms with Gasteiger partial charge in [-0.15, -0.1) is 9.42 Å². The molecular weight excluding hydrogens is 357 g/mol. The van der Waals surface area contributed by atoms with Crippen LogP contribution >= 0.6 is 8.25 Å². The van der Waals surface area contributed by atoms with Crippen LogP contribution in [0.25, 0.3) is 10.9 Å². The van der Waals surface area contributed by atoms with Crippen LogP contribution < -0.4 is 9.64 Å². The standard InChI is InChI=1S/C17H22N3O5P/c1-24-15-4-2-3-14-16(15)18-11-19-17(14)20-7-5-12(6-8-20)9-13(10-21)25-26(22)23/h2-4,11-13,21H,5-10H2,1H3/p+1. The van der Waals surface area contributed by atoms with E-state index in [2.05, 4.69) is 14.9 Å². The van der Waals surface area contributed by atoms with Crippen molar-refractivity contribution in [1.29, 1.82) is 0 Å². The molecule has 0 bridgehead atoms. The first-order valence-corrected chi connectivity index (χ1v) is 9.71. The van der Waals surface area contributed by atoms with Crippen molar-refractivity contribution in [2.24, 2.45) is 5.92 Å². The highest BCUT2D eigenvalue weighted by Gasteiger charge is 2.29. The molecule has 1 aromatic heterocycles. The lowest BCUT2D eigenvalue weighted by molar-refractivity contribution is 0.0860. The first-order valence-electron chi connectivity index (χ1n) is 8.58. The maximum Gasteiger partial charge on any atom is 0.695 e. The van der Waals surface area contributed by atoms with Crippen molar-refractivity contribution in [3.8, 4) is 5.75 Å². The van der Waals surface area contributed by atoms with Crippen molar-refractivity contribution in [2.45, 2.75) is 25.4 Å². The molecule has 26 heavy (non-hydrogen) atoms. The van der Waals surface area contributed by atoms with Gasteiger partial charge in [-0.05, 0) is 37.3 Å². The summed E-state index contributed by atoms with van der Waals surface area (Å²) >= 11 is 0. The molecule has 2 heterocycles. The highest BCUT2D eigenvalue weighted by Crippen LogP contribution is 2.33. The van der Waals surface area contributed by atoms with Gasteiger partial charge >= 0.3 is 8.25 Å². The van der Waals surface area contributed by atoms with Crippen molar-refractivity contribution in [3.63, 3.8) is 0 Å². The van der Waals surface area contributed by atoms with E-state index < -0.39 is 14.4 Å². The van der Waals surface area contributed by atoms with E-state index in [-0.39, 0.29) is 6.61 Å². The molecule has 2 aromatic rings. The van der Waals surface area contributed by atoms with Crippen LogP contribution in [0.5, 0.6) is 5.75 Å². The Morgan fingerprint density at radius 3 is 2.77 bits per heavy atom. The van der Waals surface area contributed by atoms with Crippen LogP contribution in [0, 0.1) is 5.92 Å². The second-order valence-electron chi connectivity index (χ2n) is 6.37. The van der Waals surface area contributed by atoms with Gasteiger partial charge in [-0.1, -0.05) is 6.07 Å². The van der Waals surface area contributed by atoms with Gasteiger partial charge < -0.3 is 14.7 Å². The lowest BCUT2D eigenvalue weighted by Gasteiger charge is -2.33. The quantitative estimate of drug-likeness (QED) is 0.705.